The van der Waals surface area contributed by atoms with Gasteiger partial charge in [0.25, 0.3) is 0 Å². The molecule has 0 unspecified atom stereocenters. The lowest BCUT2D eigenvalue weighted by Gasteiger charge is -2.32. The minimum absolute atomic E-state index is 0.113. The molecule has 0 saturated carbocycles. The maximum Gasteiger partial charge on any atom is 0.305 e. The molecule has 0 heterocycles. The molecule has 144 valence electrons. The molecule has 0 N–H and O–H groups in total. The molecule has 27 heavy (non-hydrogen) atoms. The normalized spacial score (nSPS) is 16.1. The standard InChI is InChI=1S/C25H32O2/c1-5-27-24(26)14-8-12-22-17-15-21(16-18-22)11-6-7-13-23-20(2)10-9-19-25(23,3)4/h7,13,15-18H,5,8-10,12,14,19H2,1-4H3. The number of carbonyl (C=O) groups excluding carboxylic acids is 1. The van der Waals surface area contributed by atoms with Gasteiger partial charge in [0.05, 0.1) is 6.61 Å². The third-order valence-electron chi connectivity index (χ3n) is 5.20. The number of benzene rings is 1. The Kier molecular flexibility index (Phi) is 7.92. The van der Waals surface area contributed by atoms with Crippen LogP contribution < -0.4 is 0 Å². The molecular weight excluding hydrogens is 332 g/mol. The van der Waals surface area contributed by atoms with Crippen LogP contribution in [0, 0.1) is 17.3 Å². The summed E-state index contributed by atoms with van der Waals surface area (Å²) in [5.41, 5.74) is 5.44. The summed E-state index contributed by atoms with van der Waals surface area (Å²) >= 11 is 0. The van der Waals surface area contributed by atoms with Gasteiger partial charge in [0.1, 0.15) is 0 Å². The molecule has 0 spiro atoms. The molecule has 0 radical (unpaired) electrons. The van der Waals surface area contributed by atoms with E-state index >= 15 is 0 Å². The molecule has 0 saturated heterocycles. The van der Waals surface area contributed by atoms with Crippen LogP contribution in [0.2, 0.25) is 0 Å². The zero-order valence-electron chi connectivity index (χ0n) is 17.2. The van der Waals surface area contributed by atoms with Crippen LogP contribution in [0.25, 0.3) is 0 Å². The molecule has 0 amide bonds. The second-order valence-corrected chi connectivity index (χ2v) is 7.89. The van der Waals surface area contributed by atoms with Crippen molar-refractivity contribution in [1.29, 1.82) is 0 Å². The monoisotopic (exact) mass is 364 g/mol. The van der Waals surface area contributed by atoms with E-state index in [1.165, 1.54) is 36.0 Å². The Labute approximate surface area is 164 Å². The van der Waals surface area contributed by atoms with Gasteiger partial charge in [0.15, 0.2) is 0 Å². The number of ether oxygens (including phenoxy) is 1. The van der Waals surface area contributed by atoms with Gasteiger partial charge in [-0.15, -0.1) is 0 Å². The largest absolute Gasteiger partial charge is 0.466 e. The van der Waals surface area contributed by atoms with Crippen molar-refractivity contribution in [2.45, 2.75) is 66.2 Å². The van der Waals surface area contributed by atoms with Gasteiger partial charge >= 0.3 is 5.97 Å². The van der Waals surface area contributed by atoms with Crippen LogP contribution >= 0.6 is 0 Å². The quantitative estimate of drug-likeness (QED) is 0.456. The van der Waals surface area contributed by atoms with E-state index in [0.29, 0.717) is 13.0 Å². The first-order valence-electron chi connectivity index (χ1n) is 10.1. The fourth-order valence-electron chi connectivity index (χ4n) is 3.69. The highest BCUT2D eigenvalue weighted by Crippen LogP contribution is 2.40. The fourth-order valence-corrected chi connectivity index (χ4v) is 3.69. The molecular formula is C25H32O2. The molecule has 2 heteroatoms. The van der Waals surface area contributed by atoms with E-state index in [-0.39, 0.29) is 11.4 Å². The van der Waals surface area contributed by atoms with Crippen molar-refractivity contribution in [3.63, 3.8) is 0 Å². The van der Waals surface area contributed by atoms with Gasteiger partial charge in [-0.3, -0.25) is 4.79 Å². The van der Waals surface area contributed by atoms with Crippen molar-refractivity contribution >= 4 is 5.97 Å². The van der Waals surface area contributed by atoms with E-state index in [9.17, 15) is 4.79 Å². The third kappa shape index (κ3) is 6.75. The first-order valence-corrected chi connectivity index (χ1v) is 10.1. The smallest absolute Gasteiger partial charge is 0.305 e. The highest BCUT2D eigenvalue weighted by Gasteiger charge is 2.26. The minimum Gasteiger partial charge on any atom is -0.466 e. The van der Waals surface area contributed by atoms with Gasteiger partial charge in [0.2, 0.25) is 0 Å². The molecule has 1 aromatic rings. The zero-order chi connectivity index (χ0) is 19.7. The number of hydrogen-bond donors (Lipinski definition) is 0. The van der Waals surface area contributed by atoms with Crippen LogP contribution in [0.15, 0.2) is 47.6 Å². The van der Waals surface area contributed by atoms with E-state index in [2.05, 4.69) is 63.0 Å². The van der Waals surface area contributed by atoms with Crippen LogP contribution in [-0.2, 0) is 16.0 Å². The van der Waals surface area contributed by atoms with Crippen LogP contribution in [-0.4, -0.2) is 12.6 Å². The predicted octanol–water partition coefficient (Wildman–Crippen LogP) is 6.01. The fraction of sp³-hybridized carbons (Fsp3) is 0.480. The van der Waals surface area contributed by atoms with Crippen molar-refractivity contribution in [2.75, 3.05) is 6.61 Å². The average Bonchev–Trinajstić information content (AvgIpc) is 2.62. The van der Waals surface area contributed by atoms with Gasteiger partial charge < -0.3 is 4.74 Å². The Hall–Kier alpha value is -2.27. The van der Waals surface area contributed by atoms with Crippen LogP contribution in [0.1, 0.15) is 70.9 Å². The average molecular weight is 365 g/mol. The second-order valence-electron chi connectivity index (χ2n) is 7.89. The van der Waals surface area contributed by atoms with E-state index in [4.69, 9.17) is 4.74 Å². The topological polar surface area (TPSA) is 26.3 Å². The van der Waals surface area contributed by atoms with Crippen molar-refractivity contribution in [3.8, 4) is 11.8 Å². The van der Waals surface area contributed by atoms with Gasteiger partial charge in [-0.2, -0.15) is 0 Å². The van der Waals surface area contributed by atoms with E-state index in [1.807, 2.05) is 13.0 Å². The summed E-state index contributed by atoms with van der Waals surface area (Å²) in [5, 5.41) is 0. The summed E-state index contributed by atoms with van der Waals surface area (Å²) < 4.78 is 4.95. The SMILES string of the molecule is CCOC(=O)CCCc1ccc(C#CC=CC2=C(C)CCCC2(C)C)cc1. The molecule has 0 aromatic heterocycles. The Morgan fingerprint density at radius 3 is 2.67 bits per heavy atom. The van der Waals surface area contributed by atoms with E-state index in [1.54, 1.807) is 0 Å². The number of carbonyl (C=O) groups is 1. The summed E-state index contributed by atoms with van der Waals surface area (Å²) in [5.74, 6) is 6.27. The molecule has 0 bridgehead atoms. The van der Waals surface area contributed by atoms with Gasteiger partial charge in [-0.25, -0.2) is 0 Å². The first kappa shape index (κ1) is 21.0. The maximum atomic E-state index is 11.4. The summed E-state index contributed by atoms with van der Waals surface area (Å²) in [6.07, 6.45) is 10.1. The highest BCUT2D eigenvalue weighted by molar-refractivity contribution is 5.69. The van der Waals surface area contributed by atoms with Gasteiger partial charge in [-0.05, 0) is 80.7 Å². The Morgan fingerprint density at radius 1 is 1.26 bits per heavy atom. The lowest BCUT2D eigenvalue weighted by Crippen LogP contribution is -2.18. The molecule has 2 rings (SSSR count). The summed E-state index contributed by atoms with van der Waals surface area (Å²) in [6.45, 7) is 9.18. The van der Waals surface area contributed by atoms with Gasteiger partial charge in [0, 0.05) is 12.0 Å². The Bertz CT molecular complexity index is 752. The number of hydrogen-bond acceptors (Lipinski definition) is 2. The molecule has 1 aliphatic rings. The summed E-state index contributed by atoms with van der Waals surface area (Å²) in [6, 6.07) is 8.29. The predicted molar refractivity (Wildman–Crippen MR) is 112 cm³/mol. The van der Waals surface area contributed by atoms with Crippen molar-refractivity contribution < 1.29 is 9.53 Å². The lowest BCUT2D eigenvalue weighted by molar-refractivity contribution is -0.143. The minimum atomic E-state index is -0.113. The molecule has 2 nitrogen and oxygen atoms in total. The van der Waals surface area contributed by atoms with Crippen molar-refractivity contribution in [2.24, 2.45) is 5.41 Å². The molecule has 0 aliphatic heterocycles. The number of rotatable bonds is 6. The highest BCUT2D eigenvalue weighted by atomic mass is 16.5. The molecule has 1 aliphatic carbocycles. The Balaban J connectivity index is 1.89. The number of allylic oxidation sites excluding steroid dienone is 4. The van der Waals surface area contributed by atoms with Crippen LogP contribution in [0.3, 0.4) is 0 Å². The van der Waals surface area contributed by atoms with Gasteiger partial charge in [-0.1, -0.05) is 49.5 Å². The number of esters is 1. The van der Waals surface area contributed by atoms with Crippen LogP contribution in [0.5, 0.6) is 0 Å². The first-order chi connectivity index (χ1) is 12.9. The molecule has 1 aromatic carbocycles. The second kappa shape index (κ2) is 10.2. The summed E-state index contributed by atoms with van der Waals surface area (Å²) in [4.78, 5) is 11.4. The van der Waals surface area contributed by atoms with E-state index in [0.717, 1.165) is 18.4 Å². The Morgan fingerprint density at radius 2 is 2.00 bits per heavy atom. The number of aryl methyl sites for hydroxylation is 1. The molecule has 0 atom stereocenters. The lowest BCUT2D eigenvalue weighted by atomic mass is 9.73. The third-order valence-corrected chi connectivity index (χ3v) is 5.20. The van der Waals surface area contributed by atoms with Crippen molar-refractivity contribution in [3.05, 3.63) is 58.7 Å². The summed E-state index contributed by atoms with van der Waals surface area (Å²) in [7, 11) is 0. The van der Waals surface area contributed by atoms with Crippen molar-refractivity contribution in [1.82, 2.24) is 0 Å². The maximum absolute atomic E-state index is 11.4. The van der Waals surface area contributed by atoms with E-state index < -0.39 is 0 Å². The zero-order valence-corrected chi connectivity index (χ0v) is 17.2. The molecule has 0 fully saturated rings. The van der Waals surface area contributed by atoms with Crippen LogP contribution in [0.4, 0.5) is 0 Å².